The van der Waals surface area contributed by atoms with Crippen LogP contribution >= 0.6 is 0 Å². The second kappa shape index (κ2) is 8.59. The molecule has 8 heteroatoms. The molecule has 0 unspecified atom stereocenters. The summed E-state index contributed by atoms with van der Waals surface area (Å²) in [6.45, 7) is 6.86. The summed E-state index contributed by atoms with van der Waals surface area (Å²) < 4.78 is 15.5. The molecule has 0 amide bonds. The number of aryl methyl sites for hydroxylation is 1. The Morgan fingerprint density at radius 1 is 1.07 bits per heavy atom. The maximum Gasteiger partial charge on any atom is 0.374 e. The molecular weight excluding hydrogens is 372 g/mol. The van der Waals surface area contributed by atoms with Crippen molar-refractivity contribution in [1.82, 2.24) is 19.9 Å². The van der Waals surface area contributed by atoms with Gasteiger partial charge in [-0.15, -0.1) is 0 Å². The van der Waals surface area contributed by atoms with Gasteiger partial charge in [-0.25, -0.2) is 4.79 Å². The van der Waals surface area contributed by atoms with Crippen molar-refractivity contribution in [1.29, 1.82) is 0 Å². The standard InChI is InChI=1S/C21H24N4O4/c1-15-3-5-16(6-4-15)20-22-18(29-23-20)14-25-10-8-24(9-11-25)13-17-7-12-28-19(17)21(26)27-2/h3-7,12H,8-11,13-14H2,1-2H3. The molecule has 0 bridgehead atoms. The van der Waals surface area contributed by atoms with E-state index in [-0.39, 0.29) is 5.76 Å². The average Bonchev–Trinajstić information content (AvgIpc) is 3.39. The number of esters is 1. The van der Waals surface area contributed by atoms with Crippen LogP contribution in [0.3, 0.4) is 0 Å². The lowest BCUT2D eigenvalue weighted by Gasteiger charge is -2.33. The van der Waals surface area contributed by atoms with Crippen molar-refractivity contribution in [3.05, 3.63) is 59.4 Å². The first-order valence-corrected chi connectivity index (χ1v) is 9.61. The van der Waals surface area contributed by atoms with Gasteiger partial charge in [0.1, 0.15) is 0 Å². The first kappa shape index (κ1) is 19.4. The van der Waals surface area contributed by atoms with Crippen LogP contribution < -0.4 is 0 Å². The molecule has 1 saturated heterocycles. The van der Waals surface area contributed by atoms with Crippen LogP contribution in [0, 0.1) is 6.92 Å². The van der Waals surface area contributed by atoms with Crippen molar-refractivity contribution in [2.75, 3.05) is 33.3 Å². The third-order valence-electron chi connectivity index (χ3n) is 5.11. The Labute approximate surface area is 169 Å². The summed E-state index contributed by atoms with van der Waals surface area (Å²) in [5.74, 6) is 1.08. The predicted octanol–water partition coefficient (Wildman–Crippen LogP) is 2.74. The van der Waals surface area contributed by atoms with Crippen molar-refractivity contribution < 1.29 is 18.5 Å². The van der Waals surface area contributed by atoms with Gasteiger partial charge in [0.05, 0.1) is 19.9 Å². The van der Waals surface area contributed by atoms with E-state index in [1.54, 1.807) is 0 Å². The van der Waals surface area contributed by atoms with E-state index in [4.69, 9.17) is 13.7 Å². The van der Waals surface area contributed by atoms with Crippen LogP contribution in [-0.4, -0.2) is 59.2 Å². The van der Waals surface area contributed by atoms with Gasteiger partial charge in [0.2, 0.25) is 17.5 Å². The molecule has 29 heavy (non-hydrogen) atoms. The fraction of sp³-hybridized carbons (Fsp3) is 0.381. The second-order valence-corrected chi connectivity index (χ2v) is 7.20. The summed E-state index contributed by atoms with van der Waals surface area (Å²) in [5, 5.41) is 4.10. The molecule has 8 nitrogen and oxygen atoms in total. The number of nitrogens with zero attached hydrogens (tertiary/aromatic N) is 4. The number of carbonyl (C=O) groups excluding carboxylic acids is 1. The maximum atomic E-state index is 11.7. The van der Waals surface area contributed by atoms with Crippen molar-refractivity contribution >= 4 is 5.97 Å². The number of ether oxygens (including phenoxy) is 1. The molecule has 4 rings (SSSR count). The Balaban J connectivity index is 1.30. The largest absolute Gasteiger partial charge is 0.463 e. The quantitative estimate of drug-likeness (QED) is 0.588. The Bertz CT molecular complexity index is 955. The number of benzene rings is 1. The van der Waals surface area contributed by atoms with Gasteiger partial charge in [-0.3, -0.25) is 9.80 Å². The Hall–Kier alpha value is -2.97. The van der Waals surface area contributed by atoms with Crippen LogP contribution in [0.2, 0.25) is 0 Å². The van der Waals surface area contributed by atoms with Gasteiger partial charge in [-0.05, 0) is 13.0 Å². The number of hydrogen-bond acceptors (Lipinski definition) is 8. The van der Waals surface area contributed by atoms with Crippen molar-refractivity contribution in [2.45, 2.75) is 20.0 Å². The van der Waals surface area contributed by atoms with E-state index in [1.807, 2.05) is 37.3 Å². The van der Waals surface area contributed by atoms with E-state index in [0.717, 1.165) is 37.3 Å². The number of piperazine rings is 1. The minimum Gasteiger partial charge on any atom is -0.463 e. The topological polar surface area (TPSA) is 84.8 Å². The molecule has 1 aliphatic heterocycles. The minimum absolute atomic E-state index is 0.282. The lowest BCUT2D eigenvalue weighted by molar-refractivity contribution is 0.0559. The zero-order chi connectivity index (χ0) is 20.2. The highest BCUT2D eigenvalue weighted by Crippen LogP contribution is 2.19. The van der Waals surface area contributed by atoms with Crippen LogP contribution in [0.1, 0.15) is 27.6 Å². The molecule has 1 fully saturated rings. The molecule has 0 N–H and O–H groups in total. The van der Waals surface area contributed by atoms with E-state index < -0.39 is 5.97 Å². The van der Waals surface area contributed by atoms with Gasteiger partial charge in [-0.2, -0.15) is 4.98 Å². The fourth-order valence-electron chi connectivity index (χ4n) is 3.41. The molecule has 1 aromatic carbocycles. The molecule has 3 heterocycles. The smallest absolute Gasteiger partial charge is 0.374 e. The number of hydrogen-bond donors (Lipinski definition) is 0. The van der Waals surface area contributed by atoms with Crippen LogP contribution in [0.15, 0.2) is 45.5 Å². The van der Waals surface area contributed by atoms with Crippen LogP contribution in [0.25, 0.3) is 11.4 Å². The summed E-state index contributed by atoms with van der Waals surface area (Å²) in [5.41, 5.74) is 3.01. The zero-order valence-electron chi connectivity index (χ0n) is 16.6. The molecule has 3 aromatic rings. The van der Waals surface area contributed by atoms with Gasteiger partial charge in [0, 0.05) is 43.9 Å². The summed E-state index contributed by atoms with van der Waals surface area (Å²) >= 11 is 0. The molecule has 0 radical (unpaired) electrons. The zero-order valence-corrected chi connectivity index (χ0v) is 16.6. The molecule has 0 aliphatic carbocycles. The second-order valence-electron chi connectivity index (χ2n) is 7.20. The minimum atomic E-state index is -0.440. The van der Waals surface area contributed by atoms with Crippen LogP contribution in [-0.2, 0) is 17.8 Å². The summed E-state index contributed by atoms with van der Waals surface area (Å²) in [7, 11) is 1.36. The average molecular weight is 396 g/mol. The van der Waals surface area contributed by atoms with E-state index in [1.165, 1.54) is 18.9 Å². The lowest BCUT2D eigenvalue weighted by Crippen LogP contribution is -2.45. The van der Waals surface area contributed by atoms with Gasteiger partial charge >= 0.3 is 5.97 Å². The first-order valence-electron chi connectivity index (χ1n) is 9.61. The molecule has 152 valence electrons. The summed E-state index contributed by atoms with van der Waals surface area (Å²) in [6.07, 6.45) is 1.53. The lowest BCUT2D eigenvalue weighted by atomic mass is 10.1. The first-order chi connectivity index (χ1) is 14.1. The highest BCUT2D eigenvalue weighted by atomic mass is 16.5. The number of furan rings is 1. The predicted molar refractivity (Wildman–Crippen MR) is 105 cm³/mol. The Morgan fingerprint density at radius 2 is 1.76 bits per heavy atom. The van der Waals surface area contributed by atoms with Gasteiger partial charge in [0.15, 0.2) is 0 Å². The molecular formula is C21H24N4O4. The normalized spacial score (nSPS) is 15.5. The molecule has 0 saturated carbocycles. The van der Waals surface area contributed by atoms with E-state index in [0.29, 0.717) is 24.8 Å². The van der Waals surface area contributed by atoms with E-state index in [9.17, 15) is 4.79 Å². The number of rotatable bonds is 6. The Morgan fingerprint density at radius 3 is 2.45 bits per heavy atom. The number of carbonyl (C=O) groups is 1. The molecule has 0 spiro atoms. The Kier molecular flexibility index (Phi) is 5.73. The molecule has 2 aromatic heterocycles. The highest BCUT2D eigenvalue weighted by Gasteiger charge is 2.23. The van der Waals surface area contributed by atoms with Crippen LogP contribution in [0.4, 0.5) is 0 Å². The van der Waals surface area contributed by atoms with E-state index in [2.05, 4.69) is 19.9 Å². The number of aromatic nitrogens is 2. The van der Waals surface area contributed by atoms with Gasteiger partial charge < -0.3 is 13.7 Å². The molecule has 0 atom stereocenters. The third kappa shape index (κ3) is 4.55. The van der Waals surface area contributed by atoms with Crippen molar-refractivity contribution in [3.8, 4) is 11.4 Å². The monoisotopic (exact) mass is 396 g/mol. The van der Waals surface area contributed by atoms with Crippen molar-refractivity contribution in [2.24, 2.45) is 0 Å². The fourth-order valence-corrected chi connectivity index (χ4v) is 3.41. The van der Waals surface area contributed by atoms with Gasteiger partial charge in [0.25, 0.3) is 0 Å². The summed E-state index contributed by atoms with van der Waals surface area (Å²) in [4.78, 5) is 20.9. The third-order valence-corrected chi connectivity index (χ3v) is 5.11. The van der Waals surface area contributed by atoms with Gasteiger partial charge in [-0.1, -0.05) is 35.0 Å². The van der Waals surface area contributed by atoms with E-state index >= 15 is 0 Å². The highest BCUT2D eigenvalue weighted by molar-refractivity contribution is 5.87. The van der Waals surface area contributed by atoms with Crippen molar-refractivity contribution in [3.63, 3.8) is 0 Å². The van der Waals surface area contributed by atoms with Crippen LogP contribution in [0.5, 0.6) is 0 Å². The SMILES string of the molecule is COC(=O)c1occc1CN1CCN(Cc2nc(-c3ccc(C)cc3)no2)CC1. The number of methoxy groups -OCH3 is 1. The summed E-state index contributed by atoms with van der Waals surface area (Å²) in [6, 6.07) is 9.90. The maximum absolute atomic E-state index is 11.7. The molecule has 1 aliphatic rings.